The standard InChI is InChI=1S/C20H26N2O3/c1-4-22-14(2)12-19(15(22)3)20(23)21-16-7-9-17(10-8-16)25-13-18-6-5-11-24-18/h7-10,12,18H,4-6,11,13H2,1-3H3,(H,21,23). The quantitative estimate of drug-likeness (QED) is 0.865. The smallest absolute Gasteiger partial charge is 0.257 e. The molecule has 1 aromatic heterocycles. The molecule has 1 aliphatic heterocycles. The van der Waals surface area contributed by atoms with Crippen LogP contribution in [-0.2, 0) is 11.3 Å². The molecule has 5 nitrogen and oxygen atoms in total. The Morgan fingerprint density at radius 2 is 2.08 bits per heavy atom. The summed E-state index contributed by atoms with van der Waals surface area (Å²) >= 11 is 0. The first-order chi connectivity index (χ1) is 12.1. The lowest BCUT2D eigenvalue weighted by atomic mass is 10.2. The van der Waals surface area contributed by atoms with Gasteiger partial charge in [0.2, 0.25) is 0 Å². The number of hydrogen-bond acceptors (Lipinski definition) is 3. The highest BCUT2D eigenvalue weighted by atomic mass is 16.5. The minimum Gasteiger partial charge on any atom is -0.491 e. The second-order valence-corrected chi connectivity index (χ2v) is 6.45. The second-order valence-electron chi connectivity index (χ2n) is 6.45. The van der Waals surface area contributed by atoms with Crippen molar-refractivity contribution in [3.8, 4) is 5.75 Å². The van der Waals surface area contributed by atoms with E-state index in [4.69, 9.17) is 9.47 Å². The Morgan fingerprint density at radius 1 is 1.32 bits per heavy atom. The van der Waals surface area contributed by atoms with Crippen LogP contribution in [0.4, 0.5) is 5.69 Å². The molecule has 1 N–H and O–H groups in total. The average molecular weight is 342 g/mol. The first-order valence-corrected chi connectivity index (χ1v) is 8.91. The van der Waals surface area contributed by atoms with Gasteiger partial charge in [0.05, 0.1) is 11.7 Å². The van der Waals surface area contributed by atoms with E-state index in [0.29, 0.717) is 6.61 Å². The van der Waals surface area contributed by atoms with Crippen molar-refractivity contribution in [2.24, 2.45) is 0 Å². The summed E-state index contributed by atoms with van der Waals surface area (Å²) in [5, 5.41) is 2.96. The highest BCUT2D eigenvalue weighted by Crippen LogP contribution is 2.20. The van der Waals surface area contributed by atoms with Crippen molar-refractivity contribution >= 4 is 11.6 Å². The fourth-order valence-corrected chi connectivity index (χ4v) is 3.32. The van der Waals surface area contributed by atoms with E-state index in [0.717, 1.165) is 54.4 Å². The van der Waals surface area contributed by atoms with E-state index in [2.05, 4.69) is 16.8 Å². The molecule has 0 spiro atoms. The predicted octanol–water partition coefficient (Wildman–Crippen LogP) is 3.93. The third-order valence-corrected chi connectivity index (χ3v) is 4.71. The normalized spacial score (nSPS) is 16.8. The van der Waals surface area contributed by atoms with Crippen LogP contribution in [0.15, 0.2) is 30.3 Å². The molecule has 0 aliphatic carbocycles. The minimum atomic E-state index is -0.0826. The van der Waals surface area contributed by atoms with E-state index < -0.39 is 0 Å². The third kappa shape index (κ3) is 4.04. The molecule has 1 aromatic carbocycles. The van der Waals surface area contributed by atoms with Gasteiger partial charge < -0.3 is 19.4 Å². The van der Waals surface area contributed by atoms with Gasteiger partial charge in [0.1, 0.15) is 12.4 Å². The molecule has 1 amide bonds. The van der Waals surface area contributed by atoms with Gasteiger partial charge in [-0.05, 0) is 63.9 Å². The fraction of sp³-hybridized carbons (Fsp3) is 0.450. The molecule has 1 aliphatic rings. The molecule has 1 atom stereocenters. The molecule has 3 rings (SSSR count). The van der Waals surface area contributed by atoms with Crippen LogP contribution in [0.3, 0.4) is 0 Å². The average Bonchev–Trinajstić information content (AvgIpc) is 3.22. The zero-order chi connectivity index (χ0) is 17.8. The molecule has 2 aromatic rings. The van der Waals surface area contributed by atoms with Gasteiger partial charge >= 0.3 is 0 Å². The molecule has 0 saturated carbocycles. The van der Waals surface area contributed by atoms with Crippen molar-refractivity contribution in [1.82, 2.24) is 4.57 Å². The van der Waals surface area contributed by atoms with Crippen LogP contribution in [0.2, 0.25) is 0 Å². The number of aryl methyl sites for hydroxylation is 1. The van der Waals surface area contributed by atoms with Crippen molar-refractivity contribution in [3.05, 3.63) is 47.3 Å². The topological polar surface area (TPSA) is 52.5 Å². The van der Waals surface area contributed by atoms with Crippen LogP contribution in [0.1, 0.15) is 41.5 Å². The van der Waals surface area contributed by atoms with E-state index in [9.17, 15) is 4.79 Å². The predicted molar refractivity (Wildman–Crippen MR) is 98.4 cm³/mol. The van der Waals surface area contributed by atoms with Gasteiger partial charge in [-0.1, -0.05) is 0 Å². The summed E-state index contributed by atoms with van der Waals surface area (Å²) in [6.45, 7) is 8.35. The lowest BCUT2D eigenvalue weighted by Crippen LogP contribution is -2.16. The van der Waals surface area contributed by atoms with Crippen LogP contribution >= 0.6 is 0 Å². The summed E-state index contributed by atoms with van der Waals surface area (Å²) in [6.07, 6.45) is 2.37. The molecule has 5 heteroatoms. The number of carbonyl (C=O) groups excluding carboxylic acids is 1. The number of amides is 1. The Balaban J connectivity index is 1.60. The maximum absolute atomic E-state index is 12.5. The Labute approximate surface area is 148 Å². The number of hydrogen-bond donors (Lipinski definition) is 1. The minimum absolute atomic E-state index is 0.0826. The molecule has 1 unspecified atom stereocenters. The number of aromatic nitrogens is 1. The van der Waals surface area contributed by atoms with Crippen molar-refractivity contribution in [3.63, 3.8) is 0 Å². The maximum atomic E-state index is 12.5. The zero-order valence-corrected chi connectivity index (χ0v) is 15.2. The summed E-state index contributed by atoms with van der Waals surface area (Å²) in [5.41, 5.74) is 3.57. The first-order valence-electron chi connectivity index (χ1n) is 8.91. The lowest BCUT2D eigenvalue weighted by molar-refractivity contribution is 0.0679. The lowest BCUT2D eigenvalue weighted by Gasteiger charge is -2.12. The summed E-state index contributed by atoms with van der Waals surface area (Å²) in [4.78, 5) is 12.5. The van der Waals surface area contributed by atoms with Gasteiger partial charge in [-0.2, -0.15) is 0 Å². The number of anilines is 1. The second kappa shape index (κ2) is 7.74. The van der Waals surface area contributed by atoms with Crippen molar-refractivity contribution < 1.29 is 14.3 Å². The van der Waals surface area contributed by atoms with E-state index in [1.54, 1.807) is 0 Å². The van der Waals surface area contributed by atoms with Crippen LogP contribution in [-0.4, -0.2) is 29.8 Å². The number of benzene rings is 1. The molecule has 1 fully saturated rings. The van der Waals surface area contributed by atoms with Crippen LogP contribution in [0.25, 0.3) is 0 Å². The van der Waals surface area contributed by atoms with Gasteiger partial charge in [-0.15, -0.1) is 0 Å². The van der Waals surface area contributed by atoms with E-state index >= 15 is 0 Å². The molecule has 134 valence electrons. The highest BCUT2D eigenvalue weighted by molar-refractivity contribution is 6.05. The van der Waals surface area contributed by atoms with E-state index in [-0.39, 0.29) is 12.0 Å². The maximum Gasteiger partial charge on any atom is 0.257 e. The van der Waals surface area contributed by atoms with Crippen molar-refractivity contribution in [2.75, 3.05) is 18.5 Å². The molecule has 25 heavy (non-hydrogen) atoms. The molecule has 0 bridgehead atoms. The van der Waals surface area contributed by atoms with Gasteiger partial charge in [-0.25, -0.2) is 0 Å². The van der Waals surface area contributed by atoms with Crippen LogP contribution < -0.4 is 10.1 Å². The third-order valence-electron chi connectivity index (χ3n) is 4.71. The SMILES string of the molecule is CCn1c(C)cc(C(=O)Nc2ccc(OCC3CCCO3)cc2)c1C. The van der Waals surface area contributed by atoms with Crippen LogP contribution in [0, 0.1) is 13.8 Å². The Hall–Kier alpha value is -2.27. The number of carbonyl (C=O) groups is 1. The number of nitrogens with zero attached hydrogens (tertiary/aromatic N) is 1. The van der Waals surface area contributed by atoms with Gasteiger partial charge in [0, 0.05) is 30.2 Å². The molecule has 1 saturated heterocycles. The van der Waals surface area contributed by atoms with Crippen molar-refractivity contribution in [2.45, 2.75) is 46.3 Å². The van der Waals surface area contributed by atoms with Gasteiger partial charge in [-0.3, -0.25) is 4.79 Å². The van der Waals surface area contributed by atoms with Gasteiger partial charge in [0.15, 0.2) is 0 Å². The molecule has 2 heterocycles. The highest BCUT2D eigenvalue weighted by Gasteiger charge is 2.17. The summed E-state index contributed by atoms with van der Waals surface area (Å²) in [6, 6.07) is 9.41. The fourth-order valence-electron chi connectivity index (χ4n) is 3.32. The summed E-state index contributed by atoms with van der Waals surface area (Å²) in [5.74, 6) is 0.707. The van der Waals surface area contributed by atoms with E-state index in [1.807, 2.05) is 44.2 Å². The van der Waals surface area contributed by atoms with Gasteiger partial charge in [0.25, 0.3) is 5.91 Å². The number of nitrogens with one attached hydrogen (secondary N) is 1. The molecular weight excluding hydrogens is 316 g/mol. The first kappa shape index (κ1) is 17.5. The summed E-state index contributed by atoms with van der Waals surface area (Å²) in [7, 11) is 0. The monoisotopic (exact) mass is 342 g/mol. The molecular formula is C20H26N2O3. The Kier molecular flexibility index (Phi) is 5.43. The zero-order valence-electron chi connectivity index (χ0n) is 15.2. The number of ether oxygens (including phenoxy) is 2. The number of rotatable bonds is 6. The van der Waals surface area contributed by atoms with Crippen LogP contribution in [0.5, 0.6) is 5.75 Å². The molecule has 0 radical (unpaired) electrons. The van der Waals surface area contributed by atoms with E-state index in [1.165, 1.54) is 0 Å². The Morgan fingerprint density at radius 3 is 2.68 bits per heavy atom. The Bertz CT molecular complexity index is 728. The summed E-state index contributed by atoms with van der Waals surface area (Å²) < 4.78 is 13.4. The largest absolute Gasteiger partial charge is 0.491 e. The van der Waals surface area contributed by atoms with Crippen molar-refractivity contribution in [1.29, 1.82) is 0 Å².